The molecule has 0 radical (unpaired) electrons. The van der Waals surface area contributed by atoms with Crippen molar-refractivity contribution in [2.75, 3.05) is 44.2 Å². The minimum atomic E-state index is -0.921. The number of likely N-dealkylation sites (tertiary alicyclic amines) is 1. The lowest BCUT2D eigenvalue weighted by Crippen LogP contribution is -2.49. The van der Waals surface area contributed by atoms with Crippen molar-refractivity contribution in [3.05, 3.63) is 29.3 Å². The Labute approximate surface area is 207 Å². The second kappa shape index (κ2) is 9.52. The van der Waals surface area contributed by atoms with Crippen molar-refractivity contribution >= 4 is 23.3 Å². The number of piperazine rings is 1. The summed E-state index contributed by atoms with van der Waals surface area (Å²) in [4.78, 5) is 45.1. The molecular weight excluding hydrogens is 448 g/mol. The summed E-state index contributed by atoms with van der Waals surface area (Å²) < 4.78 is 5.46. The van der Waals surface area contributed by atoms with Gasteiger partial charge in [-0.1, -0.05) is 20.8 Å². The first-order chi connectivity index (χ1) is 16.4. The smallest absolute Gasteiger partial charge is 0.249 e. The Bertz CT molecular complexity index is 996. The zero-order valence-corrected chi connectivity index (χ0v) is 21.4. The Balaban J connectivity index is 1.71. The highest BCUT2D eigenvalue weighted by Gasteiger charge is 2.54. The maximum atomic E-state index is 14.0. The van der Waals surface area contributed by atoms with Crippen LogP contribution in [0.1, 0.15) is 56.5 Å². The van der Waals surface area contributed by atoms with Gasteiger partial charge >= 0.3 is 0 Å². The van der Waals surface area contributed by atoms with Gasteiger partial charge in [-0.15, -0.1) is 0 Å². The van der Waals surface area contributed by atoms with Gasteiger partial charge in [-0.05, 0) is 43.0 Å². The molecule has 4 atom stereocenters. The number of β-amino-alcohol motifs (C(OH)–C–C–N with tert-alkyl or cyclic N) is 1. The number of fused-ring (bicyclic) bond motifs is 1. The number of benzene rings is 1. The number of carbonyl (C=O) groups is 3. The molecule has 3 aliphatic rings. The number of anilines is 1. The van der Waals surface area contributed by atoms with E-state index in [1.54, 1.807) is 6.07 Å². The van der Waals surface area contributed by atoms with E-state index in [1.807, 2.05) is 32.9 Å². The molecule has 0 aromatic heterocycles. The lowest BCUT2D eigenvalue weighted by atomic mass is 9.73. The molecule has 9 heteroatoms. The third-order valence-electron chi connectivity index (χ3n) is 7.58. The molecule has 2 amide bonds. The number of aliphatic hydroxyl groups excluding tert-OH is 1. The van der Waals surface area contributed by atoms with Crippen molar-refractivity contribution < 1.29 is 24.2 Å². The molecule has 0 bridgehead atoms. The van der Waals surface area contributed by atoms with Crippen molar-refractivity contribution in [2.45, 2.75) is 64.8 Å². The largest absolute Gasteiger partial charge is 0.388 e. The SMILES string of the molecule is CC(C)N1CCN(c2ccc(C(N)=O)c([C@@H](C(=O)N3C[C@@H](O)[C@H]4OCC(=O)[C@H]43)C(C)(C)C)c2)CC1. The van der Waals surface area contributed by atoms with E-state index in [9.17, 15) is 19.5 Å². The fourth-order valence-electron chi connectivity index (χ4n) is 5.70. The summed E-state index contributed by atoms with van der Waals surface area (Å²) in [5.41, 5.74) is 6.98. The van der Waals surface area contributed by atoms with Gasteiger partial charge in [0.1, 0.15) is 24.9 Å². The molecule has 1 aromatic carbocycles. The van der Waals surface area contributed by atoms with E-state index in [2.05, 4.69) is 23.6 Å². The van der Waals surface area contributed by atoms with E-state index in [0.717, 1.165) is 31.9 Å². The number of amides is 2. The van der Waals surface area contributed by atoms with Crippen LogP contribution in [0.4, 0.5) is 5.69 Å². The molecule has 192 valence electrons. The third-order valence-corrected chi connectivity index (χ3v) is 7.58. The number of nitrogens with two attached hydrogens (primary N) is 1. The highest BCUT2D eigenvalue weighted by molar-refractivity contribution is 5.99. The normalized spacial score (nSPS) is 26.4. The molecule has 0 unspecified atom stereocenters. The van der Waals surface area contributed by atoms with Crippen molar-refractivity contribution in [1.29, 1.82) is 0 Å². The van der Waals surface area contributed by atoms with E-state index in [4.69, 9.17) is 10.5 Å². The molecule has 0 spiro atoms. The number of hydrogen-bond donors (Lipinski definition) is 2. The zero-order chi connectivity index (χ0) is 25.7. The summed E-state index contributed by atoms with van der Waals surface area (Å²) in [6.07, 6.45) is -1.62. The molecule has 9 nitrogen and oxygen atoms in total. The Morgan fingerprint density at radius 2 is 1.80 bits per heavy atom. The molecule has 3 saturated heterocycles. The van der Waals surface area contributed by atoms with Crippen LogP contribution in [0.2, 0.25) is 0 Å². The molecule has 4 rings (SSSR count). The minimum absolute atomic E-state index is 0.0231. The number of hydrogen-bond acceptors (Lipinski definition) is 7. The van der Waals surface area contributed by atoms with Crippen molar-refractivity contribution in [1.82, 2.24) is 9.80 Å². The predicted octanol–water partition coefficient (Wildman–Crippen LogP) is 0.985. The van der Waals surface area contributed by atoms with Crippen molar-refractivity contribution in [3.63, 3.8) is 0 Å². The average Bonchev–Trinajstić information content (AvgIpc) is 3.33. The summed E-state index contributed by atoms with van der Waals surface area (Å²) in [5.74, 6) is -1.84. The van der Waals surface area contributed by atoms with Crippen LogP contribution in [0.3, 0.4) is 0 Å². The third kappa shape index (κ3) is 4.81. The molecular formula is C26H38N4O5. The lowest BCUT2D eigenvalue weighted by molar-refractivity contribution is -0.140. The first-order valence-electron chi connectivity index (χ1n) is 12.5. The van der Waals surface area contributed by atoms with Gasteiger partial charge in [0, 0.05) is 43.5 Å². The van der Waals surface area contributed by atoms with Crippen LogP contribution in [0.5, 0.6) is 0 Å². The van der Waals surface area contributed by atoms with Gasteiger partial charge in [0.05, 0.1) is 12.5 Å². The standard InChI is InChI=1S/C26H38N4O5/c1-15(2)28-8-10-29(11-9-28)16-6-7-17(24(27)33)18(12-16)21(26(3,4)5)25(34)30-13-19(31)23-22(30)20(32)14-35-23/h6-7,12,15,19,21-23,31H,8-11,13-14H2,1-5H3,(H2,27,33)/t19-,21+,22-,23-/m1/s1. The van der Waals surface area contributed by atoms with Crippen LogP contribution in [-0.4, -0.2) is 96.1 Å². The number of rotatable bonds is 5. The van der Waals surface area contributed by atoms with E-state index in [0.29, 0.717) is 17.2 Å². The van der Waals surface area contributed by atoms with E-state index in [-0.39, 0.29) is 24.8 Å². The number of ether oxygens (including phenoxy) is 1. The number of Topliss-reactive ketones (excluding diaryl/α,β-unsaturated/α-hetero) is 1. The Kier molecular flexibility index (Phi) is 6.96. The number of aliphatic hydroxyl groups is 1. The Morgan fingerprint density at radius 1 is 1.14 bits per heavy atom. The maximum Gasteiger partial charge on any atom is 0.249 e. The van der Waals surface area contributed by atoms with Crippen LogP contribution < -0.4 is 10.6 Å². The Hall–Kier alpha value is -2.49. The van der Waals surface area contributed by atoms with Crippen LogP contribution >= 0.6 is 0 Å². The minimum Gasteiger partial charge on any atom is -0.388 e. The predicted molar refractivity (Wildman–Crippen MR) is 132 cm³/mol. The van der Waals surface area contributed by atoms with Crippen molar-refractivity contribution in [3.8, 4) is 0 Å². The summed E-state index contributed by atoms with van der Waals surface area (Å²) in [6.45, 7) is 13.7. The molecule has 3 N–H and O–H groups in total. The number of carbonyl (C=O) groups excluding carboxylic acids is 3. The van der Waals surface area contributed by atoms with Gasteiger partial charge in [0.15, 0.2) is 5.78 Å². The quantitative estimate of drug-likeness (QED) is 0.637. The average molecular weight is 487 g/mol. The summed E-state index contributed by atoms with van der Waals surface area (Å²) in [6, 6.07) is 5.19. The topological polar surface area (TPSA) is 116 Å². The van der Waals surface area contributed by atoms with Gasteiger partial charge < -0.3 is 25.4 Å². The summed E-state index contributed by atoms with van der Waals surface area (Å²) >= 11 is 0. The first kappa shape index (κ1) is 25.6. The molecule has 0 saturated carbocycles. The van der Waals surface area contributed by atoms with Crippen LogP contribution in [0.25, 0.3) is 0 Å². The fraction of sp³-hybridized carbons (Fsp3) is 0.654. The van der Waals surface area contributed by atoms with E-state index in [1.165, 1.54) is 4.90 Å². The Morgan fingerprint density at radius 3 is 2.37 bits per heavy atom. The van der Waals surface area contributed by atoms with Crippen LogP contribution in [0, 0.1) is 5.41 Å². The van der Waals surface area contributed by atoms with E-state index >= 15 is 0 Å². The van der Waals surface area contributed by atoms with Crippen LogP contribution in [0.15, 0.2) is 18.2 Å². The van der Waals surface area contributed by atoms with Gasteiger partial charge in [0.2, 0.25) is 11.8 Å². The molecule has 3 aliphatic heterocycles. The molecule has 3 heterocycles. The monoisotopic (exact) mass is 486 g/mol. The summed E-state index contributed by atoms with van der Waals surface area (Å²) in [5, 5.41) is 10.5. The second-order valence-electron chi connectivity index (χ2n) is 11.3. The molecule has 3 fully saturated rings. The van der Waals surface area contributed by atoms with Crippen LogP contribution in [-0.2, 0) is 14.3 Å². The summed E-state index contributed by atoms with van der Waals surface area (Å²) in [7, 11) is 0. The highest BCUT2D eigenvalue weighted by Crippen LogP contribution is 2.42. The number of ketones is 1. The van der Waals surface area contributed by atoms with Gasteiger partial charge in [-0.25, -0.2) is 0 Å². The maximum absolute atomic E-state index is 14.0. The zero-order valence-electron chi connectivity index (χ0n) is 21.4. The second-order valence-corrected chi connectivity index (χ2v) is 11.3. The van der Waals surface area contributed by atoms with Crippen molar-refractivity contribution in [2.24, 2.45) is 11.1 Å². The van der Waals surface area contributed by atoms with Gasteiger partial charge in [-0.2, -0.15) is 0 Å². The lowest BCUT2D eigenvalue weighted by Gasteiger charge is -2.39. The number of primary amides is 1. The highest BCUT2D eigenvalue weighted by atomic mass is 16.5. The van der Waals surface area contributed by atoms with Gasteiger partial charge in [0.25, 0.3) is 0 Å². The number of nitrogens with zero attached hydrogens (tertiary/aromatic N) is 3. The van der Waals surface area contributed by atoms with E-state index < -0.39 is 35.5 Å². The molecule has 35 heavy (non-hydrogen) atoms. The first-order valence-corrected chi connectivity index (χ1v) is 12.5. The van der Waals surface area contributed by atoms with Gasteiger partial charge in [-0.3, -0.25) is 19.3 Å². The molecule has 0 aliphatic carbocycles. The molecule has 1 aromatic rings. The fourth-order valence-corrected chi connectivity index (χ4v) is 5.70.